The normalized spacial score (nSPS) is 10.9. The Morgan fingerprint density at radius 1 is 1.06 bits per heavy atom. The zero-order valence-electron chi connectivity index (χ0n) is 9.33. The molecule has 0 amide bonds. The van der Waals surface area contributed by atoms with Crippen LogP contribution in [0.2, 0.25) is 0 Å². The lowest BCUT2D eigenvalue weighted by atomic mass is 10.1. The van der Waals surface area contributed by atoms with Gasteiger partial charge in [0, 0.05) is 24.0 Å². The molecule has 1 aromatic carbocycles. The van der Waals surface area contributed by atoms with Crippen molar-refractivity contribution in [1.82, 2.24) is 20.0 Å². The maximum Gasteiger partial charge on any atom is 0.154 e. The topological polar surface area (TPSA) is 69.6 Å². The summed E-state index contributed by atoms with van der Waals surface area (Å²) in [7, 11) is 1.87. The first kappa shape index (κ1) is 9.77. The second-order valence-electron chi connectivity index (χ2n) is 3.85. The van der Waals surface area contributed by atoms with Gasteiger partial charge in [-0.1, -0.05) is 24.3 Å². The van der Waals surface area contributed by atoms with Crippen LogP contribution < -0.4 is 5.73 Å². The average molecular weight is 225 g/mol. The molecule has 0 aliphatic heterocycles. The van der Waals surface area contributed by atoms with Crippen LogP contribution in [0.3, 0.4) is 0 Å². The highest BCUT2D eigenvalue weighted by Crippen LogP contribution is 2.26. The van der Waals surface area contributed by atoms with Crippen molar-refractivity contribution in [2.24, 2.45) is 7.05 Å². The number of nitrogens with zero attached hydrogens (tertiary/aromatic N) is 4. The number of anilines is 1. The van der Waals surface area contributed by atoms with E-state index in [0.717, 1.165) is 22.2 Å². The molecule has 0 saturated heterocycles. The third kappa shape index (κ3) is 1.52. The fourth-order valence-electron chi connectivity index (χ4n) is 1.86. The summed E-state index contributed by atoms with van der Waals surface area (Å²) in [5.74, 6) is 0.445. The summed E-state index contributed by atoms with van der Waals surface area (Å²) in [6, 6.07) is 9.71. The lowest BCUT2D eigenvalue weighted by Gasteiger charge is -2.03. The van der Waals surface area contributed by atoms with Crippen LogP contribution in [0, 0.1) is 0 Å². The average Bonchev–Trinajstić information content (AvgIpc) is 2.77. The molecule has 2 aromatic heterocycles. The highest BCUT2D eigenvalue weighted by atomic mass is 15.3. The molecule has 0 fully saturated rings. The van der Waals surface area contributed by atoms with Gasteiger partial charge in [-0.3, -0.25) is 4.68 Å². The van der Waals surface area contributed by atoms with E-state index in [9.17, 15) is 0 Å². The molecule has 0 spiro atoms. The van der Waals surface area contributed by atoms with Crippen LogP contribution in [0.25, 0.3) is 22.2 Å². The summed E-state index contributed by atoms with van der Waals surface area (Å²) in [6.07, 6.45) is 1.88. The Labute approximate surface area is 97.9 Å². The zero-order valence-corrected chi connectivity index (χ0v) is 9.33. The van der Waals surface area contributed by atoms with Crippen molar-refractivity contribution < 1.29 is 0 Å². The Bertz CT molecular complexity index is 686. The molecule has 2 N–H and O–H groups in total. The van der Waals surface area contributed by atoms with Crippen LogP contribution in [0.1, 0.15) is 0 Å². The molecule has 84 valence electrons. The first-order valence-corrected chi connectivity index (χ1v) is 5.26. The molecule has 5 nitrogen and oxygen atoms in total. The van der Waals surface area contributed by atoms with Gasteiger partial charge in [-0.25, -0.2) is 0 Å². The van der Waals surface area contributed by atoms with Gasteiger partial charge in [0.15, 0.2) is 5.82 Å². The molecule has 0 unspecified atom stereocenters. The molecule has 0 saturated carbocycles. The molecule has 0 aliphatic carbocycles. The van der Waals surface area contributed by atoms with Gasteiger partial charge in [-0.05, 0) is 6.07 Å². The molecular weight excluding hydrogens is 214 g/mol. The molecule has 0 atom stereocenters. The number of hydrogen-bond donors (Lipinski definition) is 1. The van der Waals surface area contributed by atoms with Crippen molar-refractivity contribution in [1.29, 1.82) is 0 Å². The van der Waals surface area contributed by atoms with Gasteiger partial charge >= 0.3 is 0 Å². The molecular formula is C12H11N5. The van der Waals surface area contributed by atoms with Crippen LogP contribution in [0.5, 0.6) is 0 Å². The molecule has 3 aromatic rings. The van der Waals surface area contributed by atoms with Crippen LogP contribution in [-0.2, 0) is 7.05 Å². The second-order valence-corrected chi connectivity index (χ2v) is 3.85. The number of rotatable bonds is 1. The largest absolute Gasteiger partial charge is 0.382 e. The smallest absolute Gasteiger partial charge is 0.154 e. The van der Waals surface area contributed by atoms with Crippen molar-refractivity contribution in [2.45, 2.75) is 0 Å². The van der Waals surface area contributed by atoms with Gasteiger partial charge in [0.25, 0.3) is 0 Å². The van der Waals surface area contributed by atoms with Crippen molar-refractivity contribution in [3.05, 3.63) is 36.5 Å². The number of hydrogen-bond acceptors (Lipinski definition) is 4. The van der Waals surface area contributed by atoms with Crippen molar-refractivity contribution in [2.75, 3.05) is 5.73 Å². The van der Waals surface area contributed by atoms with E-state index >= 15 is 0 Å². The van der Waals surface area contributed by atoms with Crippen LogP contribution in [-0.4, -0.2) is 20.0 Å². The van der Waals surface area contributed by atoms with Gasteiger partial charge < -0.3 is 5.73 Å². The predicted molar refractivity (Wildman–Crippen MR) is 66.2 cm³/mol. The number of aryl methyl sites for hydroxylation is 1. The molecule has 5 heteroatoms. The minimum Gasteiger partial charge on any atom is -0.382 e. The number of benzene rings is 1. The predicted octanol–water partition coefficient (Wildman–Crippen LogP) is 1.61. The van der Waals surface area contributed by atoms with E-state index in [1.54, 1.807) is 4.68 Å². The molecule has 2 heterocycles. The van der Waals surface area contributed by atoms with Gasteiger partial charge in [-0.2, -0.15) is 5.10 Å². The number of nitrogens with two attached hydrogens (primary N) is 1. The highest BCUT2D eigenvalue weighted by molar-refractivity contribution is 5.98. The van der Waals surface area contributed by atoms with Crippen molar-refractivity contribution >= 4 is 16.6 Å². The first-order valence-electron chi connectivity index (χ1n) is 5.26. The lowest BCUT2D eigenvalue weighted by molar-refractivity contribution is 0.769. The molecule has 0 aliphatic rings. The Balaban J connectivity index is 2.34. The van der Waals surface area contributed by atoms with E-state index < -0.39 is 0 Å². The monoisotopic (exact) mass is 225 g/mol. The van der Waals surface area contributed by atoms with Gasteiger partial charge in [0.05, 0.1) is 0 Å². The van der Waals surface area contributed by atoms with E-state index in [2.05, 4.69) is 15.3 Å². The van der Waals surface area contributed by atoms with Gasteiger partial charge in [0.2, 0.25) is 0 Å². The van der Waals surface area contributed by atoms with E-state index in [0.29, 0.717) is 5.82 Å². The Morgan fingerprint density at radius 2 is 1.82 bits per heavy atom. The Morgan fingerprint density at radius 3 is 2.53 bits per heavy atom. The van der Waals surface area contributed by atoms with Crippen LogP contribution in [0.4, 0.5) is 5.82 Å². The van der Waals surface area contributed by atoms with E-state index in [-0.39, 0.29) is 0 Å². The van der Waals surface area contributed by atoms with E-state index in [1.807, 2.05) is 43.6 Å². The van der Waals surface area contributed by atoms with Gasteiger partial charge in [0.1, 0.15) is 11.4 Å². The number of aromatic nitrogens is 4. The molecule has 3 rings (SSSR count). The van der Waals surface area contributed by atoms with E-state index in [4.69, 9.17) is 5.73 Å². The van der Waals surface area contributed by atoms with E-state index in [1.165, 1.54) is 0 Å². The number of nitrogen functional groups attached to an aromatic ring is 1. The fourth-order valence-corrected chi connectivity index (χ4v) is 1.86. The fraction of sp³-hybridized carbons (Fsp3) is 0.0833. The standard InChI is InChI=1S/C12H11N5/c1-17-7-6-10(16-17)11-8-4-2-3-5-9(8)12(13)15-14-11/h2-7H,1H3,(H2,13,15). The minimum atomic E-state index is 0.445. The van der Waals surface area contributed by atoms with Crippen molar-refractivity contribution in [3.8, 4) is 11.4 Å². The highest BCUT2D eigenvalue weighted by Gasteiger charge is 2.10. The minimum absolute atomic E-state index is 0.445. The van der Waals surface area contributed by atoms with Crippen LogP contribution >= 0.6 is 0 Å². The molecule has 17 heavy (non-hydrogen) atoms. The molecule has 0 bridgehead atoms. The third-order valence-corrected chi connectivity index (χ3v) is 2.67. The summed E-state index contributed by atoms with van der Waals surface area (Å²) < 4.78 is 1.74. The van der Waals surface area contributed by atoms with Crippen molar-refractivity contribution in [3.63, 3.8) is 0 Å². The second kappa shape index (κ2) is 3.55. The maximum absolute atomic E-state index is 5.81. The number of fused-ring (bicyclic) bond motifs is 1. The quantitative estimate of drug-likeness (QED) is 0.683. The summed E-state index contributed by atoms with van der Waals surface area (Å²) in [4.78, 5) is 0. The Kier molecular flexibility index (Phi) is 2.04. The SMILES string of the molecule is Cn1ccc(-c2nnc(N)c3ccccc23)n1. The first-order chi connectivity index (χ1) is 8.25. The van der Waals surface area contributed by atoms with Gasteiger partial charge in [-0.15, -0.1) is 10.2 Å². The summed E-state index contributed by atoms with van der Waals surface area (Å²) in [5.41, 5.74) is 7.37. The molecule has 0 radical (unpaired) electrons. The lowest BCUT2D eigenvalue weighted by Crippen LogP contribution is -1.98. The maximum atomic E-state index is 5.81. The Hall–Kier alpha value is -2.43. The summed E-state index contributed by atoms with van der Waals surface area (Å²) in [5, 5.41) is 14.3. The summed E-state index contributed by atoms with van der Waals surface area (Å²) in [6.45, 7) is 0. The summed E-state index contributed by atoms with van der Waals surface area (Å²) >= 11 is 0. The zero-order chi connectivity index (χ0) is 11.8. The van der Waals surface area contributed by atoms with Crippen LogP contribution in [0.15, 0.2) is 36.5 Å². The third-order valence-electron chi connectivity index (χ3n) is 2.67.